The minimum atomic E-state index is -0.845. The van der Waals surface area contributed by atoms with Gasteiger partial charge in [-0.15, -0.1) is 0 Å². The van der Waals surface area contributed by atoms with E-state index in [-0.39, 0.29) is 12.2 Å². The topological polar surface area (TPSA) is 75.6 Å². The average molecular weight is 175 g/mol. The maximum atomic E-state index is 11.0. The van der Waals surface area contributed by atoms with E-state index < -0.39 is 18.7 Å². The Hall–Kier alpha value is -1.10. The Labute approximate surface area is 70.7 Å². The first-order chi connectivity index (χ1) is 5.65. The maximum absolute atomic E-state index is 11.0. The van der Waals surface area contributed by atoms with Crippen molar-refractivity contribution in [2.24, 2.45) is 0 Å². The maximum Gasteiger partial charge on any atom is 0.407 e. The third-order valence-electron chi connectivity index (χ3n) is 1.40. The second kappa shape index (κ2) is 5.54. The van der Waals surface area contributed by atoms with E-state index in [1.54, 1.807) is 6.92 Å². The predicted molar refractivity (Wildman–Crippen MR) is 41.7 cm³/mol. The normalized spacial score (nSPS) is 11.9. The van der Waals surface area contributed by atoms with Crippen LogP contribution in [0.1, 0.15) is 13.3 Å². The van der Waals surface area contributed by atoms with Crippen LogP contribution in [0, 0.1) is 0 Å². The smallest absolute Gasteiger partial charge is 0.407 e. The largest absolute Gasteiger partial charge is 0.453 e. The fourth-order valence-electron chi connectivity index (χ4n) is 0.676. The van der Waals surface area contributed by atoms with Gasteiger partial charge in [-0.3, -0.25) is 4.79 Å². The van der Waals surface area contributed by atoms with Gasteiger partial charge >= 0.3 is 6.09 Å². The Bertz CT molecular complexity index is 169. The molecule has 12 heavy (non-hydrogen) atoms. The van der Waals surface area contributed by atoms with Gasteiger partial charge in [0.25, 0.3) is 0 Å². The van der Waals surface area contributed by atoms with Crippen molar-refractivity contribution < 1.29 is 19.4 Å². The Kier molecular flexibility index (Phi) is 5.03. The lowest BCUT2D eigenvalue weighted by Gasteiger charge is -2.12. The Morgan fingerprint density at radius 2 is 2.17 bits per heavy atom. The minimum Gasteiger partial charge on any atom is -0.453 e. The molecule has 0 aliphatic heterocycles. The molecule has 0 aromatic heterocycles. The van der Waals surface area contributed by atoms with Crippen LogP contribution in [0.5, 0.6) is 0 Å². The van der Waals surface area contributed by atoms with Crippen LogP contribution in [-0.2, 0) is 9.53 Å². The minimum absolute atomic E-state index is 0.220. The molecule has 2 N–H and O–H groups in total. The summed E-state index contributed by atoms with van der Waals surface area (Å²) in [6.45, 7) is 1.26. The van der Waals surface area contributed by atoms with Crippen molar-refractivity contribution >= 4 is 11.9 Å². The van der Waals surface area contributed by atoms with Gasteiger partial charge in [-0.2, -0.15) is 0 Å². The van der Waals surface area contributed by atoms with E-state index in [1.807, 2.05) is 0 Å². The van der Waals surface area contributed by atoms with Crippen LogP contribution < -0.4 is 5.32 Å². The molecule has 0 fully saturated rings. The van der Waals surface area contributed by atoms with Crippen LogP contribution in [0.4, 0.5) is 4.79 Å². The summed E-state index contributed by atoms with van der Waals surface area (Å²) in [5.74, 6) is -0.220. The second-order valence-corrected chi connectivity index (χ2v) is 2.19. The number of Topliss-reactive ketones (excluding diaryl/α,β-unsaturated/α-hetero) is 1. The number of carbonyl (C=O) groups is 2. The fraction of sp³-hybridized carbons (Fsp3) is 0.714. The van der Waals surface area contributed by atoms with Crippen molar-refractivity contribution in [3.63, 3.8) is 0 Å². The van der Waals surface area contributed by atoms with Gasteiger partial charge in [-0.1, -0.05) is 6.92 Å². The molecular formula is C7H13NO4. The first-order valence-electron chi connectivity index (χ1n) is 3.63. The first-order valence-corrected chi connectivity index (χ1v) is 3.63. The van der Waals surface area contributed by atoms with E-state index in [9.17, 15) is 9.59 Å². The van der Waals surface area contributed by atoms with Crippen molar-refractivity contribution in [2.75, 3.05) is 13.7 Å². The van der Waals surface area contributed by atoms with Gasteiger partial charge in [0.2, 0.25) is 0 Å². The molecular weight excluding hydrogens is 162 g/mol. The van der Waals surface area contributed by atoms with E-state index in [4.69, 9.17) is 5.11 Å². The quantitative estimate of drug-likeness (QED) is 0.614. The van der Waals surface area contributed by atoms with E-state index in [2.05, 4.69) is 10.1 Å². The zero-order valence-corrected chi connectivity index (χ0v) is 7.16. The first kappa shape index (κ1) is 10.9. The molecule has 0 aromatic carbocycles. The standard InChI is InChI=1S/C7H13NO4/c1-3-6(10)5(4-9)8-7(11)12-2/h5,9H,3-4H2,1-2H3,(H,8,11). The van der Waals surface area contributed by atoms with Crippen molar-refractivity contribution in [2.45, 2.75) is 19.4 Å². The Morgan fingerprint density at radius 1 is 1.58 bits per heavy atom. The molecule has 0 saturated heterocycles. The molecule has 0 saturated carbocycles. The number of methoxy groups -OCH3 is 1. The molecule has 0 aliphatic carbocycles. The molecule has 0 radical (unpaired) electrons. The summed E-state index contributed by atoms with van der Waals surface area (Å²) >= 11 is 0. The third-order valence-corrected chi connectivity index (χ3v) is 1.40. The van der Waals surface area contributed by atoms with Crippen LogP contribution in [0.2, 0.25) is 0 Å². The number of rotatable bonds is 4. The molecule has 1 atom stereocenters. The number of amides is 1. The van der Waals surface area contributed by atoms with Gasteiger partial charge in [0.15, 0.2) is 5.78 Å². The summed E-state index contributed by atoms with van der Waals surface area (Å²) in [7, 11) is 1.19. The van der Waals surface area contributed by atoms with E-state index in [0.717, 1.165) is 0 Å². The Morgan fingerprint density at radius 3 is 2.50 bits per heavy atom. The monoisotopic (exact) mass is 175 g/mol. The molecule has 0 aliphatic rings. The van der Waals surface area contributed by atoms with Gasteiger partial charge in [-0.25, -0.2) is 4.79 Å². The van der Waals surface area contributed by atoms with Crippen LogP contribution >= 0.6 is 0 Å². The summed E-state index contributed by atoms with van der Waals surface area (Å²) in [4.78, 5) is 21.6. The van der Waals surface area contributed by atoms with E-state index >= 15 is 0 Å². The summed E-state index contributed by atoms with van der Waals surface area (Å²) in [5.41, 5.74) is 0. The van der Waals surface area contributed by atoms with E-state index in [0.29, 0.717) is 0 Å². The third kappa shape index (κ3) is 3.34. The SMILES string of the molecule is CCC(=O)C(CO)NC(=O)OC. The molecule has 0 aromatic rings. The molecule has 0 spiro atoms. The zero-order chi connectivity index (χ0) is 9.56. The van der Waals surface area contributed by atoms with Crippen molar-refractivity contribution in [3.8, 4) is 0 Å². The molecule has 5 nitrogen and oxygen atoms in total. The lowest BCUT2D eigenvalue weighted by Crippen LogP contribution is -2.43. The van der Waals surface area contributed by atoms with Crippen molar-refractivity contribution in [3.05, 3.63) is 0 Å². The molecule has 5 heteroatoms. The highest BCUT2D eigenvalue weighted by atomic mass is 16.5. The fourth-order valence-corrected chi connectivity index (χ4v) is 0.676. The van der Waals surface area contributed by atoms with Gasteiger partial charge in [-0.05, 0) is 0 Å². The van der Waals surface area contributed by atoms with Crippen LogP contribution in [0.25, 0.3) is 0 Å². The predicted octanol–water partition coefficient (Wildman–Crippen LogP) is -0.318. The molecule has 0 heterocycles. The molecule has 0 rings (SSSR count). The van der Waals surface area contributed by atoms with Crippen LogP contribution in [-0.4, -0.2) is 36.7 Å². The molecule has 70 valence electrons. The molecule has 1 amide bonds. The van der Waals surface area contributed by atoms with Gasteiger partial charge in [0, 0.05) is 6.42 Å². The number of ether oxygens (including phenoxy) is 1. The highest BCUT2D eigenvalue weighted by Crippen LogP contribution is 1.90. The number of aliphatic hydroxyl groups excluding tert-OH is 1. The van der Waals surface area contributed by atoms with Crippen molar-refractivity contribution in [1.82, 2.24) is 5.32 Å². The lowest BCUT2D eigenvalue weighted by molar-refractivity contribution is -0.121. The summed E-state index contributed by atoms with van der Waals surface area (Å²) in [6.07, 6.45) is -0.439. The molecule has 1 unspecified atom stereocenters. The van der Waals surface area contributed by atoms with Crippen molar-refractivity contribution in [1.29, 1.82) is 0 Å². The number of nitrogens with one attached hydrogen (secondary N) is 1. The van der Waals surface area contributed by atoms with Gasteiger partial charge in [0.1, 0.15) is 6.04 Å². The highest BCUT2D eigenvalue weighted by Gasteiger charge is 2.17. The summed E-state index contributed by atoms with van der Waals surface area (Å²) in [6, 6.07) is -0.845. The van der Waals surface area contributed by atoms with Gasteiger partial charge < -0.3 is 15.2 Å². The average Bonchev–Trinajstić information content (AvgIpc) is 2.12. The number of carbonyl (C=O) groups excluding carboxylic acids is 2. The number of alkyl carbamates (subject to hydrolysis) is 1. The summed E-state index contributed by atoms with van der Waals surface area (Å²) in [5, 5.41) is 10.9. The molecule has 0 bridgehead atoms. The number of aliphatic hydroxyl groups is 1. The lowest BCUT2D eigenvalue weighted by atomic mass is 10.1. The number of hydrogen-bond donors (Lipinski definition) is 2. The van der Waals surface area contributed by atoms with E-state index in [1.165, 1.54) is 7.11 Å². The Balaban J connectivity index is 3.99. The number of ketones is 1. The highest BCUT2D eigenvalue weighted by molar-refractivity contribution is 5.87. The zero-order valence-electron chi connectivity index (χ0n) is 7.16. The number of hydrogen-bond acceptors (Lipinski definition) is 4. The summed E-state index contributed by atoms with van der Waals surface area (Å²) < 4.78 is 4.26. The van der Waals surface area contributed by atoms with Crippen LogP contribution in [0.3, 0.4) is 0 Å². The van der Waals surface area contributed by atoms with Gasteiger partial charge in [0.05, 0.1) is 13.7 Å². The second-order valence-electron chi connectivity index (χ2n) is 2.19. The van der Waals surface area contributed by atoms with Crippen LogP contribution in [0.15, 0.2) is 0 Å².